The number of nitriles is 1. The first kappa shape index (κ1) is 17.4. The standard InChI is InChI=1S/C15H16N2O4S2/c1-19-10-5-8(6-11(20-2)12(10)21-3)14-17-13(18)9(7-16)15(22-4)23-14/h5-6,14H,1-4H3,(H,17,18). The number of carbonyl (C=O) groups is 1. The zero-order chi connectivity index (χ0) is 17.0. The average molecular weight is 352 g/mol. The summed E-state index contributed by atoms with van der Waals surface area (Å²) in [5.41, 5.74) is 0.938. The van der Waals surface area contributed by atoms with Crippen LogP contribution in [0.1, 0.15) is 10.9 Å². The van der Waals surface area contributed by atoms with Crippen LogP contribution in [0.5, 0.6) is 17.2 Å². The van der Waals surface area contributed by atoms with Crippen LogP contribution in [0.15, 0.2) is 21.9 Å². The summed E-state index contributed by atoms with van der Waals surface area (Å²) in [5, 5.41) is 11.6. The van der Waals surface area contributed by atoms with Gasteiger partial charge in [-0.05, 0) is 24.0 Å². The molecule has 0 aliphatic carbocycles. The van der Waals surface area contributed by atoms with Crippen LogP contribution < -0.4 is 19.5 Å². The molecule has 1 aliphatic heterocycles. The van der Waals surface area contributed by atoms with Gasteiger partial charge in [0, 0.05) is 0 Å². The van der Waals surface area contributed by atoms with Crippen molar-refractivity contribution in [1.29, 1.82) is 5.26 Å². The lowest BCUT2D eigenvalue weighted by Crippen LogP contribution is -2.31. The molecular weight excluding hydrogens is 336 g/mol. The van der Waals surface area contributed by atoms with E-state index in [1.165, 1.54) is 44.9 Å². The van der Waals surface area contributed by atoms with E-state index >= 15 is 0 Å². The number of amides is 1. The lowest BCUT2D eigenvalue weighted by molar-refractivity contribution is -0.117. The molecule has 8 heteroatoms. The minimum atomic E-state index is -0.380. The van der Waals surface area contributed by atoms with E-state index in [2.05, 4.69) is 5.32 Å². The van der Waals surface area contributed by atoms with Gasteiger partial charge in [0.15, 0.2) is 11.5 Å². The number of rotatable bonds is 5. The number of nitrogens with zero attached hydrogens (tertiary/aromatic N) is 1. The summed E-state index contributed by atoms with van der Waals surface area (Å²) in [4.78, 5) is 12.1. The third-order valence-electron chi connectivity index (χ3n) is 3.21. The summed E-state index contributed by atoms with van der Waals surface area (Å²) in [6.07, 6.45) is 1.84. The van der Waals surface area contributed by atoms with E-state index in [0.717, 1.165) is 5.56 Å². The molecule has 2 rings (SSSR count). The Morgan fingerprint density at radius 1 is 1.22 bits per heavy atom. The summed E-state index contributed by atoms with van der Waals surface area (Å²) in [7, 11) is 4.61. The van der Waals surface area contributed by atoms with E-state index in [1.54, 1.807) is 12.1 Å². The molecule has 1 N–H and O–H groups in total. The van der Waals surface area contributed by atoms with Gasteiger partial charge in [-0.2, -0.15) is 5.26 Å². The first-order chi connectivity index (χ1) is 11.1. The van der Waals surface area contributed by atoms with Crippen LogP contribution in [-0.2, 0) is 4.79 Å². The topological polar surface area (TPSA) is 80.6 Å². The Balaban J connectivity index is 2.46. The van der Waals surface area contributed by atoms with Gasteiger partial charge in [-0.1, -0.05) is 11.8 Å². The Kier molecular flexibility index (Phi) is 5.69. The number of hydrogen-bond acceptors (Lipinski definition) is 7. The molecule has 1 aromatic rings. The number of ether oxygens (including phenoxy) is 3. The molecule has 0 aromatic heterocycles. The highest BCUT2D eigenvalue weighted by atomic mass is 32.2. The molecule has 122 valence electrons. The van der Waals surface area contributed by atoms with Crippen LogP contribution in [0.25, 0.3) is 0 Å². The number of thioether (sulfide) groups is 2. The number of methoxy groups -OCH3 is 3. The van der Waals surface area contributed by atoms with E-state index in [0.29, 0.717) is 21.5 Å². The molecule has 0 saturated heterocycles. The van der Waals surface area contributed by atoms with Crippen LogP contribution in [0.2, 0.25) is 0 Å². The van der Waals surface area contributed by atoms with E-state index < -0.39 is 0 Å². The third kappa shape index (κ3) is 3.35. The van der Waals surface area contributed by atoms with Gasteiger partial charge in [0.25, 0.3) is 5.91 Å². The predicted octanol–water partition coefficient (Wildman–Crippen LogP) is 2.67. The third-order valence-corrected chi connectivity index (χ3v) is 5.61. The van der Waals surface area contributed by atoms with Crippen LogP contribution in [-0.4, -0.2) is 33.5 Å². The first-order valence-corrected chi connectivity index (χ1v) is 8.65. The van der Waals surface area contributed by atoms with E-state index in [1.807, 2.05) is 12.3 Å². The highest BCUT2D eigenvalue weighted by molar-refractivity contribution is 8.22. The van der Waals surface area contributed by atoms with Crippen molar-refractivity contribution in [1.82, 2.24) is 5.32 Å². The van der Waals surface area contributed by atoms with Crippen molar-refractivity contribution < 1.29 is 19.0 Å². The van der Waals surface area contributed by atoms with Crippen molar-refractivity contribution in [3.05, 3.63) is 27.5 Å². The fourth-order valence-electron chi connectivity index (χ4n) is 2.13. The Hall–Kier alpha value is -1.98. The molecule has 6 nitrogen and oxygen atoms in total. The zero-order valence-corrected chi connectivity index (χ0v) is 14.8. The van der Waals surface area contributed by atoms with Crippen LogP contribution in [0.3, 0.4) is 0 Å². The van der Waals surface area contributed by atoms with Crippen LogP contribution >= 0.6 is 23.5 Å². The summed E-state index contributed by atoms with van der Waals surface area (Å²) >= 11 is 2.79. The van der Waals surface area contributed by atoms with E-state index in [-0.39, 0.29) is 16.9 Å². The maximum Gasteiger partial charge on any atom is 0.264 e. The van der Waals surface area contributed by atoms with Crippen molar-refractivity contribution in [2.75, 3.05) is 27.6 Å². The molecule has 1 unspecified atom stereocenters. The Morgan fingerprint density at radius 2 is 1.83 bits per heavy atom. The summed E-state index contributed by atoms with van der Waals surface area (Å²) in [6.45, 7) is 0. The van der Waals surface area contributed by atoms with Crippen molar-refractivity contribution in [3.8, 4) is 23.3 Å². The number of carbonyl (C=O) groups excluding carboxylic acids is 1. The van der Waals surface area contributed by atoms with E-state index in [4.69, 9.17) is 19.5 Å². The second-order valence-corrected chi connectivity index (χ2v) is 6.60. The summed E-state index contributed by atoms with van der Waals surface area (Å²) < 4.78 is 16.7. The highest BCUT2D eigenvalue weighted by Gasteiger charge is 2.30. The fraction of sp³-hybridized carbons (Fsp3) is 0.333. The van der Waals surface area contributed by atoms with Crippen LogP contribution in [0, 0.1) is 11.3 Å². The van der Waals surface area contributed by atoms with Gasteiger partial charge in [-0.15, -0.1) is 11.8 Å². The SMILES string of the molecule is COc1cc(C2NC(=O)C(C#N)=C(SC)S2)cc(OC)c1OC. The lowest BCUT2D eigenvalue weighted by Gasteiger charge is -2.25. The monoisotopic (exact) mass is 352 g/mol. The van der Waals surface area contributed by atoms with Crippen LogP contribution in [0.4, 0.5) is 0 Å². The average Bonchev–Trinajstić information content (AvgIpc) is 2.59. The van der Waals surface area contributed by atoms with Gasteiger partial charge in [0.1, 0.15) is 17.0 Å². The molecule has 0 bridgehead atoms. The quantitative estimate of drug-likeness (QED) is 0.872. The van der Waals surface area contributed by atoms with Gasteiger partial charge < -0.3 is 19.5 Å². The second kappa shape index (κ2) is 7.53. The van der Waals surface area contributed by atoms with Gasteiger partial charge in [-0.25, -0.2) is 0 Å². The summed E-state index contributed by atoms with van der Waals surface area (Å²) in [5.74, 6) is 1.13. The molecule has 0 spiro atoms. The molecule has 1 atom stereocenters. The molecule has 0 radical (unpaired) electrons. The van der Waals surface area contributed by atoms with Crippen molar-refractivity contribution in [2.24, 2.45) is 0 Å². The van der Waals surface area contributed by atoms with Gasteiger partial charge >= 0.3 is 0 Å². The predicted molar refractivity (Wildman–Crippen MR) is 90.7 cm³/mol. The molecule has 1 aromatic carbocycles. The molecule has 0 saturated carbocycles. The summed E-state index contributed by atoms with van der Waals surface area (Å²) in [6, 6.07) is 5.52. The minimum absolute atomic E-state index is 0.145. The smallest absolute Gasteiger partial charge is 0.264 e. The fourth-order valence-corrected chi connectivity index (χ4v) is 4.05. The molecule has 0 fully saturated rings. The second-order valence-electron chi connectivity index (χ2n) is 4.41. The molecular formula is C15H16N2O4S2. The molecule has 1 amide bonds. The van der Waals surface area contributed by atoms with Crippen molar-refractivity contribution in [3.63, 3.8) is 0 Å². The normalized spacial score (nSPS) is 17.3. The highest BCUT2D eigenvalue weighted by Crippen LogP contribution is 2.46. The molecule has 23 heavy (non-hydrogen) atoms. The largest absolute Gasteiger partial charge is 0.493 e. The van der Waals surface area contributed by atoms with Gasteiger partial charge in [-0.3, -0.25) is 4.79 Å². The number of hydrogen-bond donors (Lipinski definition) is 1. The Labute approximate surface area is 143 Å². The van der Waals surface area contributed by atoms with Gasteiger partial charge in [0.05, 0.1) is 25.6 Å². The maximum atomic E-state index is 12.1. The minimum Gasteiger partial charge on any atom is -0.493 e. The Bertz CT molecular complexity index is 672. The van der Waals surface area contributed by atoms with Gasteiger partial charge in [0.2, 0.25) is 5.75 Å². The lowest BCUT2D eigenvalue weighted by atomic mass is 10.1. The van der Waals surface area contributed by atoms with E-state index in [9.17, 15) is 4.79 Å². The Morgan fingerprint density at radius 3 is 2.26 bits per heavy atom. The van der Waals surface area contributed by atoms with Crippen molar-refractivity contribution in [2.45, 2.75) is 5.37 Å². The maximum absolute atomic E-state index is 12.1. The molecule has 1 aliphatic rings. The number of benzene rings is 1. The number of nitrogens with one attached hydrogen (secondary N) is 1. The molecule has 1 heterocycles. The zero-order valence-electron chi connectivity index (χ0n) is 13.1. The first-order valence-electron chi connectivity index (χ1n) is 6.55. The van der Waals surface area contributed by atoms with Crippen molar-refractivity contribution >= 4 is 29.4 Å².